The minimum absolute atomic E-state index is 0.0379. The van der Waals surface area contributed by atoms with E-state index in [4.69, 9.17) is 14.2 Å². The molecule has 1 unspecified atom stereocenters. The number of pyridine rings is 1. The van der Waals surface area contributed by atoms with Gasteiger partial charge in [-0.05, 0) is 49.9 Å². The van der Waals surface area contributed by atoms with E-state index in [1.807, 2.05) is 24.3 Å². The molecule has 1 N–H and O–H groups in total. The second kappa shape index (κ2) is 7.85. The molecule has 2 aromatic rings. The highest BCUT2D eigenvalue weighted by Gasteiger charge is 2.52. The average Bonchev–Trinajstić information content (AvgIpc) is 3.22. The second-order valence-corrected chi connectivity index (χ2v) is 8.26. The van der Waals surface area contributed by atoms with Crippen molar-refractivity contribution in [3.8, 4) is 11.5 Å². The van der Waals surface area contributed by atoms with E-state index < -0.39 is 5.41 Å². The summed E-state index contributed by atoms with van der Waals surface area (Å²) in [7, 11) is 1.42. The molecule has 0 spiro atoms. The molecule has 1 aromatic carbocycles. The van der Waals surface area contributed by atoms with Gasteiger partial charge < -0.3 is 19.5 Å². The summed E-state index contributed by atoms with van der Waals surface area (Å²) in [4.78, 5) is 31.6. The predicted molar refractivity (Wildman–Crippen MR) is 112 cm³/mol. The van der Waals surface area contributed by atoms with Gasteiger partial charge in [0.15, 0.2) is 11.5 Å². The molecule has 1 saturated heterocycles. The summed E-state index contributed by atoms with van der Waals surface area (Å²) in [5.74, 6) is 1.14. The van der Waals surface area contributed by atoms with E-state index in [0.29, 0.717) is 18.0 Å². The third-order valence-corrected chi connectivity index (χ3v) is 6.41. The third kappa shape index (κ3) is 3.61. The number of fused-ring (bicyclic) bond motifs is 1. The number of rotatable bonds is 6. The van der Waals surface area contributed by atoms with Crippen LogP contribution in [0, 0.1) is 0 Å². The van der Waals surface area contributed by atoms with Crippen molar-refractivity contribution in [2.45, 2.75) is 43.7 Å². The summed E-state index contributed by atoms with van der Waals surface area (Å²) < 4.78 is 15.9. The van der Waals surface area contributed by atoms with E-state index in [0.717, 1.165) is 49.2 Å². The van der Waals surface area contributed by atoms with E-state index in [-0.39, 0.29) is 24.7 Å². The van der Waals surface area contributed by atoms with Crippen LogP contribution in [0.15, 0.2) is 36.5 Å². The molecule has 2 fully saturated rings. The molecular formula is C23H25N3O5. The van der Waals surface area contributed by atoms with Crippen LogP contribution < -0.4 is 14.8 Å². The van der Waals surface area contributed by atoms with Crippen LogP contribution in [-0.4, -0.2) is 48.2 Å². The number of methoxy groups -OCH3 is 1. The van der Waals surface area contributed by atoms with Gasteiger partial charge in [-0.25, -0.2) is 0 Å². The zero-order valence-electron chi connectivity index (χ0n) is 17.4. The molecule has 3 aliphatic rings. The number of hydrogen-bond acceptors (Lipinski definition) is 7. The first-order chi connectivity index (χ1) is 15.1. The number of esters is 1. The van der Waals surface area contributed by atoms with E-state index >= 15 is 0 Å². The Kier molecular flexibility index (Phi) is 5.02. The SMILES string of the molecule is COC(=O)C1(c2ccc(NC(=O)C3CCCN3Cc3nccc4c3OCO4)cc2)CC1. The number of amides is 1. The molecular weight excluding hydrogens is 398 g/mol. The van der Waals surface area contributed by atoms with Gasteiger partial charge in [0.25, 0.3) is 0 Å². The van der Waals surface area contributed by atoms with Crippen LogP contribution in [0.25, 0.3) is 0 Å². The lowest BCUT2D eigenvalue weighted by Crippen LogP contribution is -2.39. The molecule has 162 valence electrons. The maximum Gasteiger partial charge on any atom is 0.316 e. The first kappa shape index (κ1) is 19.8. The number of nitrogens with one attached hydrogen (secondary N) is 1. The van der Waals surface area contributed by atoms with Gasteiger partial charge in [0.05, 0.1) is 18.6 Å². The molecule has 1 saturated carbocycles. The molecule has 1 aromatic heterocycles. The Bertz CT molecular complexity index is 1000. The molecule has 1 aliphatic carbocycles. The average molecular weight is 423 g/mol. The van der Waals surface area contributed by atoms with Gasteiger partial charge in [0.1, 0.15) is 5.69 Å². The second-order valence-electron chi connectivity index (χ2n) is 8.26. The van der Waals surface area contributed by atoms with Gasteiger partial charge in [-0.1, -0.05) is 12.1 Å². The summed E-state index contributed by atoms with van der Waals surface area (Å²) in [6.07, 6.45) is 5.05. The van der Waals surface area contributed by atoms with E-state index in [9.17, 15) is 9.59 Å². The number of carbonyl (C=O) groups is 2. The minimum atomic E-state index is -0.506. The maximum atomic E-state index is 13.0. The van der Waals surface area contributed by atoms with E-state index in [1.165, 1.54) is 7.11 Å². The molecule has 0 radical (unpaired) electrons. The molecule has 8 heteroatoms. The molecule has 1 amide bonds. The van der Waals surface area contributed by atoms with Crippen molar-refractivity contribution in [1.29, 1.82) is 0 Å². The van der Waals surface area contributed by atoms with Crippen LogP contribution in [-0.2, 0) is 26.3 Å². The molecule has 2 aliphatic heterocycles. The molecule has 5 rings (SSSR count). The highest BCUT2D eigenvalue weighted by atomic mass is 16.7. The van der Waals surface area contributed by atoms with E-state index in [1.54, 1.807) is 12.3 Å². The Labute approximate surface area is 180 Å². The smallest absolute Gasteiger partial charge is 0.316 e. The number of anilines is 1. The summed E-state index contributed by atoms with van der Waals surface area (Å²) in [6.45, 7) is 1.56. The number of ether oxygens (including phenoxy) is 3. The maximum absolute atomic E-state index is 13.0. The van der Waals surface area contributed by atoms with Crippen molar-refractivity contribution in [3.63, 3.8) is 0 Å². The van der Waals surface area contributed by atoms with Crippen molar-refractivity contribution >= 4 is 17.6 Å². The van der Waals surface area contributed by atoms with Crippen molar-refractivity contribution in [2.75, 3.05) is 25.8 Å². The largest absolute Gasteiger partial charge is 0.468 e. The van der Waals surface area contributed by atoms with Crippen molar-refractivity contribution in [3.05, 3.63) is 47.8 Å². The van der Waals surface area contributed by atoms with Crippen molar-refractivity contribution in [1.82, 2.24) is 9.88 Å². The van der Waals surface area contributed by atoms with E-state index in [2.05, 4.69) is 15.2 Å². The third-order valence-electron chi connectivity index (χ3n) is 6.41. The van der Waals surface area contributed by atoms with Crippen LogP contribution >= 0.6 is 0 Å². The van der Waals surface area contributed by atoms with Gasteiger partial charge in [-0.2, -0.15) is 0 Å². The minimum Gasteiger partial charge on any atom is -0.468 e. The summed E-state index contributed by atoms with van der Waals surface area (Å²) in [5, 5.41) is 3.02. The topological polar surface area (TPSA) is 90.0 Å². The summed E-state index contributed by atoms with van der Waals surface area (Å²) in [6, 6.07) is 9.07. The van der Waals surface area contributed by atoms with Crippen LogP contribution in [0.5, 0.6) is 11.5 Å². The lowest BCUT2D eigenvalue weighted by molar-refractivity contribution is -0.143. The van der Waals surface area contributed by atoms with Crippen molar-refractivity contribution in [2.24, 2.45) is 0 Å². The van der Waals surface area contributed by atoms with Crippen LogP contribution in [0.2, 0.25) is 0 Å². The van der Waals surface area contributed by atoms with Gasteiger partial charge in [0.2, 0.25) is 12.7 Å². The lowest BCUT2D eigenvalue weighted by Gasteiger charge is -2.23. The molecule has 0 bridgehead atoms. The molecule has 1 atom stereocenters. The molecule has 3 heterocycles. The lowest BCUT2D eigenvalue weighted by atomic mass is 9.96. The Morgan fingerprint density at radius 3 is 2.77 bits per heavy atom. The summed E-state index contributed by atoms with van der Waals surface area (Å²) >= 11 is 0. The van der Waals surface area contributed by atoms with Crippen LogP contribution in [0.3, 0.4) is 0 Å². The number of likely N-dealkylation sites (tertiary alicyclic amines) is 1. The first-order valence-electron chi connectivity index (χ1n) is 10.6. The summed E-state index contributed by atoms with van der Waals surface area (Å²) in [5.41, 5.74) is 1.94. The van der Waals surface area contributed by atoms with Crippen LogP contribution in [0.1, 0.15) is 36.9 Å². The number of nitrogens with zero attached hydrogens (tertiary/aromatic N) is 2. The Morgan fingerprint density at radius 2 is 2.03 bits per heavy atom. The zero-order chi connectivity index (χ0) is 21.4. The van der Waals surface area contributed by atoms with Gasteiger partial charge in [0, 0.05) is 24.5 Å². The predicted octanol–water partition coefficient (Wildman–Crippen LogP) is 2.62. The van der Waals surface area contributed by atoms with Crippen molar-refractivity contribution < 1.29 is 23.8 Å². The quantitative estimate of drug-likeness (QED) is 0.715. The first-order valence-corrected chi connectivity index (χ1v) is 10.6. The Morgan fingerprint density at radius 1 is 1.23 bits per heavy atom. The Balaban J connectivity index is 1.25. The van der Waals surface area contributed by atoms with Gasteiger partial charge in [-0.15, -0.1) is 0 Å². The van der Waals surface area contributed by atoms with Gasteiger partial charge in [-0.3, -0.25) is 19.5 Å². The standard InChI is InChI=1S/C23H25N3O5/c1-29-22(28)23(9-10-23)15-4-6-16(7-5-15)25-21(27)18-3-2-12-26(18)13-17-20-19(8-11-24-17)30-14-31-20/h4-8,11,18H,2-3,9-10,12-14H2,1H3,(H,25,27). The Hall–Kier alpha value is -3.13. The fraction of sp³-hybridized carbons (Fsp3) is 0.435. The fourth-order valence-corrected chi connectivity index (χ4v) is 4.54. The van der Waals surface area contributed by atoms with Crippen LogP contribution in [0.4, 0.5) is 5.69 Å². The fourth-order valence-electron chi connectivity index (χ4n) is 4.54. The number of aromatic nitrogens is 1. The zero-order valence-corrected chi connectivity index (χ0v) is 17.4. The number of benzene rings is 1. The molecule has 8 nitrogen and oxygen atoms in total. The normalized spacial score (nSPS) is 21.0. The monoisotopic (exact) mass is 423 g/mol. The number of hydrogen-bond donors (Lipinski definition) is 1. The molecule has 31 heavy (non-hydrogen) atoms. The van der Waals surface area contributed by atoms with Gasteiger partial charge >= 0.3 is 5.97 Å². The highest BCUT2D eigenvalue weighted by Crippen LogP contribution is 2.49. The highest BCUT2D eigenvalue weighted by molar-refractivity contribution is 5.95. The number of carbonyl (C=O) groups excluding carboxylic acids is 2.